The summed E-state index contributed by atoms with van der Waals surface area (Å²) < 4.78 is 0. The molecule has 166 valence electrons. The Bertz CT molecular complexity index is 708. The number of amides is 1. The summed E-state index contributed by atoms with van der Waals surface area (Å²) in [5.74, 6) is -0.261. The summed E-state index contributed by atoms with van der Waals surface area (Å²) in [7, 11) is 0. The number of carboxylic acid groups (broad SMARTS) is 1. The molecule has 2 N–H and O–H groups in total. The summed E-state index contributed by atoms with van der Waals surface area (Å²) >= 11 is 0. The quantitative estimate of drug-likeness (QED) is 0.616. The fourth-order valence-corrected chi connectivity index (χ4v) is 4.61. The lowest BCUT2D eigenvalue weighted by Gasteiger charge is -2.36. The van der Waals surface area contributed by atoms with Crippen LogP contribution in [-0.2, 0) is 4.79 Å². The summed E-state index contributed by atoms with van der Waals surface area (Å²) in [5.41, 5.74) is 1.78. The lowest BCUT2D eigenvalue weighted by molar-refractivity contribution is -0.116. The molecule has 3 rings (SSSR count). The van der Waals surface area contributed by atoms with E-state index in [1.165, 1.54) is 45.3 Å². The number of carbonyl (C=O) groups is 2. The minimum Gasteiger partial charge on any atom is -0.478 e. The molecule has 1 aromatic rings. The second-order valence-electron chi connectivity index (χ2n) is 8.81. The van der Waals surface area contributed by atoms with E-state index in [0.717, 1.165) is 50.4 Å². The van der Waals surface area contributed by atoms with E-state index < -0.39 is 5.97 Å². The molecule has 2 fully saturated rings. The van der Waals surface area contributed by atoms with Crippen LogP contribution in [-0.4, -0.2) is 54.6 Å². The van der Waals surface area contributed by atoms with E-state index in [2.05, 4.69) is 22.0 Å². The summed E-state index contributed by atoms with van der Waals surface area (Å²) in [4.78, 5) is 28.6. The van der Waals surface area contributed by atoms with Crippen LogP contribution >= 0.6 is 0 Å². The van der Waals surface area contributed by atoms with Crippen molar-refractivity contribution in [1.82, 2.24) is 4.90 Å². The van der Waals surface area contributed by atoms with E-state index in [4.69, 9.17) is 0 Å². The van der Waals surface area contributed by atoms with Gasteiger partial charge in [-0.2, -0.15) is 0 Å². The van der Waals surface area contributed by atoms with Crippen molar-refractivity contribution in [2.75, 3.05) is 42.9 Å². The molecule has 30 heavy (non-hydrogen) atoms. The molecule has 0 aromatic heterocycles. The molecule has 2 aliphatic heterocycles. The number of anilines is 2. The standard InChI is InChI=1S/C24H37N3O3/c1-2-3-7-23(28)25-21-18-20(24(29)30)8-9-22(21)27-16-11-19(12-17-27)10-15-26-13-5-4-6-14-26/h8-9,18-19H,2-7,10-17H2,1H3,(H,25,28)(H,29,30). The first kappa shape index (κ1) is 22.6. The molecule has 0 radical (unpaired) electrons. The SMILES string of the molecule is CCCCC(=O)Nc1cc(C(=O)O)ccc1N1CCC(CCN2CCCCC2)CC1. The molecular weight excluding hydrogens is 378 g/mol. The third-order valence-corrected chi connectivity index (χ3v) is 6.53. The third kappa shape index (κ3) is 6.46. The van der Waals surface area contributed by atoms with Crippen LogP contribution in [0.1, 0.15) is 75.1 Å². The number of hydrogen-bond acceptors (Lipinski definition) is 4. The van der Waals surface area contributed by atoms with E-state index in [1.54, 1.807) is 12.1 Å². The number of benzene rings is 1. The molecule has 0 spiro atoms. The zero-order valence-electron chi connectivity index (χ0n) is 18.4. The average Bonchev–Trinajstić information content (AvgIpc) is 2.77. The van der Waals surface area contributed by atoms with Crippen molar-refractivity contribution in [1.29, 1.82) is 0 Å². The maximum absolute atomic E-state index is 12.3. The second kappa shape index (κ2) is 11.3. The molecule has 2 heterocycles. The zero-order valence-corrected chi connectivity index (χ0v) is 18.4. The zero-order chi connectivity index (χ0) is 21.3. The number of likely N-dealkylation sites (tertiary alicyclic amines) is 1. The van der Waals surface area contributed by atoms with Crippen LogP contribution in [0.4, 0.5) is 11.4 Å². The van der Waals surface area contributed by atoms with E-state index >= 15 is 0 Å². The lowest BCUT2D eigenvalue weighted by Crippen LogP contribution is -2.36. The van der Waals surface area contributed by atoms with Gasteiger partial charge in [-0.05, 0) is 82.3 Å². The Labute approximate surface area is 180 Å². The lowest BCUT2D eigenvalue weighted by atomic mass is 9.92. The van der Waals surface area contributed by atoms with Gasteiger partial charge in [-0.3, -0.25) is 4.79 Å². The minimum atomic E-state index is -0.970. The van der Waals surface area contributed by atoms with Gasteiger partial charge in [0.2, 0.25) is 5.91 Å². The number of nitrogens with zero attached hydrogens (tertiary/aromatic N) is 2. The van der Waals surface area contributed by atoms with Crippen LogP contribution < -0.4 is 10.2 Å². The monoisotopic (exact) mass is 415 g/mol. The smallest absolute Gasteiger partial charge is 0.335 e. The van der Waals surface area contributed by atoms with Crippen LogP contribution in [0.5, 0.6) is 0 Å². The van der Waals surface area contributed by atoms with Gasteiger partial charge in [0.05, 0.1) is 16.9 Å². The molecule has 2 saturated heterocycles. The summed E-state index contributed by atoms with van der Waals surface area (Å²) in [6, 6.07) is 5.10. The number of unbranched alkanes of at least 4 members (excludes halogenated alkanes) is 1. The van der Waals surface area contributed by atoms with Crippen LogP contribution in [0.2, 0.25) is 0 Å². The Morgan fingerprint density at radius 3 is 2.50 bits per heavy atom. The van der Waals surface area contributed by atoms with Crippen molar-refractivity contribution >= 4 is 23.3 Å². The van der Waals surface area contributed by atoms with Gasteiger partial charge in [0, 0.05) is 19.5 Å². The van der Waals surface area contributed by atoms with Gasteiger partial charge in [-0.25, -0.2) is 4.79 Å². The predicted molar refractivity (Wildman–Crippen MR) is 121 cm³/mol. The van der Waals surface area contributed by atoms with Crippen LogP contribution in [0, 0.1) is 5.92 Å². The Hall–Kier alpha value is -2.08. The first-order valence-corrected chi connectivity index (χ1v) is 11.7. The minimum absolute atomic E-state index is 0.0444. The van der Waals surface area contributed by atoms with Crippen molar-refractivity contribution in [2.45, 2.75) is 64.7 Å². The van der Waals surface area contributed by atoms with Gasteiger partial charge in [-0.15, -0.1) is 0 Å². The Kier molecular flexibility index (Phi) is 8.55. The normalized spacial score (nSPS) is 18.4. The second-order valence-corrected chi connectivity index (χ2v) is 8.81. The van der Waals surface area contributed by atoms with E-state index in [1.807, 2.05) is 6.07 Å². The van der Waals surface area contributed by atoms with Crippen LogP contribution in [0.3, 0.4) is 0 Å². The molecule has 0 unspecified atom stereocenters. The summed E-state index contributed by atoms with van der Waals surface area (Å²) in [5, 5.41) is 12.3. The third-order valence-electron chi connectivity index (χ3n) is 6.53. The van der Waals surface area contributed by atoms with Crippen molar-refractivity contribution < 1.29 is 14.7 Å². The van der Waals surface area contributed by atoms with Gasteiger partial charge in [0.25, 0.3) is 0 Å². The van der Waals surface area contributed by atoms with Crippen molar-refractivity contribution in [3.63, 3.8) is 0 Å². The van der Waals surface area contributed by atoms with Gasteiger partial charge in [0.1, 0.15) is 0 Å². The number of piperidine rings is 2. The van der Waals surface area contributed by atoms with Gasteiger partial charge in [-0.1, -0.05) is 19.8 Å². The maximum Gasteiger partial charge on any atom is 0.335 e. The molecular formula is C24H37N3O3. The first-order valence-electron chi connectivity index (χ1n) is 11.7. The fourth-order valence-electron chi connectivity index (χ4n) is 4.61. The number of nitrogens with one attached hydrogen (secondary N) is 1. The Morgan fingerprint density at radius 1 is 1.10 bits per heavy atom. The highest BCUT2D eigenvalue weighted by Crippen LogP contribution is 2.32. The molecule has 0 bridgehead atoms. The molecule has 0 aliphatic carbocycles. The van der Waals surface area contributed by atoms with E-state index in [-0.39, 0.29) is 11.5 Å². The first-order chi connectivity index (χ1) is 14.6. The average molecular weight is 416 g/mol. The van der Waals surface area contributed by atoms with Crippen molar-refractivity contribution in [3.05, 3.63) is 23.8 Å². The highest BCUT2D eigenvalue weighted by atomic mass is 16.4. The highest BCUT2D eigenvalue weighted by Gasteiger charge is 2.23. The molecule has 6 nitrogen and oxygen atoms in total. The van der Waals surface area contributed by atoms with Gasteiger partial charge < -0.3 is 20.2 Å². The van der Waals surface area contributed by atoms with Crippen LogP contribution in [0.15, 0.2) is 18.2 Å². The number of carbonyl (C=O) groups excluding carboxylic acids is 1. The van der Waals surface area contributed by atoms with Crippen molar-refractivity contribution in [3.8, 4) is 0 Å². The van der Waals surface area contributed by atoms with Crippen LogP contribution in [0.25, 0.3) is 0 Å². The molecule has 6 heteroatoms. The van der Waals surface area contributed by atoms with E-state index in [0.29, 0.717) is 12.1 Å². The molecule has 0 saturated carbocycles. The van der Waals surface area contributed by atoms with E-state index in [9.17, 15) is 14.7 Å². The topological polar surface area (TPSA) is 72.9 Å². The Balaban J connectivity index is 1.59. The number of aromatic carboxylic acids is 1. The molecule has 1 aromatic carbocycles. The summed E-state index contributed by atoms with van der Waals surface area (Å²) in [6.45, 7) is 7.70. The molecule has 1 amide bonds. The Morgan fingerprint density at radius 2 is 1.83 bits per heavy atom. The number of carboxylic acids is 1. The van der Waals surface area contributed by atoms with Gasteiger partial charge >= 0.3 is 5.97 Å². The predicted octanol–water partition coefficient (Wildman–Crippen LogP) is 4.61. The number of hydrogen-bond donors (Lipinski definition) is 2. The van der Waals surface area contributed by atoms with Gasteiger partial charge in [0.15, 0.2) is 0 Å². The van der Waals surface area contributed by atoms with Crippen molar-refractivity contribution in [2.24, 2.45) is 5.92 Å². The maximum atomic E-state index is 12.3. The highest BCUT2D eigenvalue weighted by molar-refractivity contribution is 5.97. The fraction of sp³-hybridized carbons (Fsp3) is 0.667. The molecule has 2 aliphatic rings. The summed E-state index contributed by atoms with van der Waals surface area (Å²) in [6.07, 6.45) is 9.90. The largest absolute Gasteiger partial charge is 0.478 e. The number of rotatable bonds is 9. The molecule has 0 atom stereocenters.